The highest BCUT2D eigenvalue weighted by Gasteiger charge is 1.98. The Kier molecular flexibility index (Phi) is 8.18. The Balaban J connectivity index is 0.000000921. The third-order valence-corrected chi connectivity index (χ3v) is 1.86. The number of pyridine rings is 1. The molecule has 1 aromatic heterocycles. The van der Waals surface area contributed by atoms with Crippen molar-refractivity contribution in [1.29, 1.82) is 0 Å². The van der Waals surface area contributed by atoms with Crippen LogP contribution >= 0.6 is 0 Å². The number of rotatable bonds is 4. The van der Waals surface area contributed by atoms with Crippen LogP contribution in [0, 0.1) is 12.3 Å². The largest absolute Gasteiger partial charge is 0.360 e. The van der Waals surface area contributed by atoms with Crippen molar-refractivity contribution in [3.05, 3.63) is 24.4 Å². The summed E-state index contributed by atoms with van der Waals surface area (Å²) in [6, 6.07) is 5.90. The zero-order valence-electron chi connectivity index (χ0n) is 9.90. The first-order chi connectivity index (χ1) is 7.34. The van der Waals surface area contributed by atoms with Crippen molar-refractivity contribution in [3.8, 4) is 12.3 Å². The molecule has 1 heterocycles. The number of anilines is 1. The second-order valence-corrected chi connectivity index (χ2v) is 2.92. The van der Waals surface area contributed by atoms with Gasteiger partial charge in [0, 0.05) is 26.2 Å². The Morgan fingerprint density at radius 3 is 2.67 bits per heavy atom. The Morgan fingerprint density at radius 2 is 2.13 bits per heavy atom. The van der Waals surface area contributed by atoms with Crippen molar-refractivity contribution in [3.63, 3.8) is 0 Å². The first-order valence-electron chi connectivity index (χ1n) is 5.40. The van der Waals surface area contributed by atoms with Gasteiger partial charge in [0.2, 0.25) is 0 Å². The van der Waals surface area contributed by atoms with Crippen LogP contribution in [-0.2, 0) is 0 Å². The van der Waals surface area contributed by atoms with Crippen LogP contribution in [0.15, 0.2) is 24.4 Å². The Labute approximate surface area is 93.3 Å². The predicted octanol–water partition coefficient (Wildman–Crippen LogP) is 2.96. The molecule has 0 radical (unpaired) electrons. The minimum absolute atomic E-state index is 0.831. The van der Waals surface area contributed by atoms with E-state index in [1.807, 2.05) is 39.1 Å². The van der Waals surface area contributed by atoms with E-state index in [2.05, 4.69) is 15.8 Å². The molecule has 82 valence electrons. The Bertz CT molecular complexity index is 274. The van der Waals surface area contributed by atoms with E-state index < -0.39 is 0 Å². The van der Waals surface area contributed by atoms with Gasteiger partial charge in [-0.2, -0.15) is 0 Å². The van der Waals surface area contributed by atoms with Gasteiger partial charge in [-0.25, -0.2) is 4.98 Å². The minimum atomic E-state index is 0.831. The van der Waals surface area contributed by atoms with Gasteiger partial charge in [0.1, 0.15) is 5.82 Å². The van der Waals surface area contributed by atoms with Crippen LogP contribution in [0.2, 0.25) is 0 Å². The van der Waals surface area contributed by atoms with Crippen LogP contribution in [0.5, 0.6) is 0 Å². The first kappa shape index (κ1) is 13.5. The molecule has 0 aromatic carbocycles. The summed E-state index contributed by atoms with van der Waals surface area (Å²) in [5.74, 6) is 3.63. The number of hydrogen-bond donors (Lipinski definition) is 0. The van der Waals surface area contributed by atoms with E-state index in [0.29, 0.717) is 0 Å². The van der Waals surface area contributed by atoms with Gasteiger partial charge in [0.05, 0.1) is 0 Å². The second kappa shape index (κ2) is 9.08. The molecule has 0 fully saturated rings. The van der Waals surface area contributed by atoms with Crippen molar-refractivity contribution in [2.45, 2.75) is 26.7 Å². The summed E-state index contributed by atoms with van der Waals surface area (Å²) in [5, 5.41) is 0. The molecule has 0 N–H and O–H groups in total. The number of nitrogens with zero attached hydrogens (tertiary/aromatic N) is 2. The molecular weight excluding hydrogens is 184 g/mol. The van der Waals surface area contributed by atoms with Gasteiger partial charge in [-0.1, -0.05) is 19.9 Å². The van der Waals surface area contributed by atoms with Crippen molar-refractivity contribution in [2.75, 3.05) is 18.5 Å². The third kappa shape index (κ3) is 5.74. The van der Waals surface area contributed by atoms with E-state index in [1.165, 1.54) is 0 Å². The molecule has 2 heteroatoms. The third-order valence-electron chi connectivity index (χ3n) is 1.86. The summed E-state index contributed by atoms with van der Waals surface area (Å²) in [5.41, 5.74) is 0. The minimum Gasteiger partial charge on any atom is -0.360 e. The van der Waals surface area contributed by atoms with Gasteiger partial charge in [0.25, 0.3) is 0 Å². The van der Waals surface area contributed by atoms with Crippen molar-refractivity contribution >= 4 is 5.82 Å². The maximum atomic E-state index is 5.17. The fourth-order valence-corrected chi connectivity index (χ4v) is 1.11. The van der Waals surface area contributed by atoms with Crippen LogP contribution in [-0.4, -0.2) is 18.6 Å². The zero-order valence-corrected chi connectivity index (χ0v) is 9.90. The number of terminal acetylenes is 1. The van der Waals surface area contributed by atoms with E-state index in [0.717, 1.165) is 25.2 Å². The number of unbranched alkanes of at least 4 members (excludes halogenated alkanes) is 1. The summed E-state index contributed by atoms with van der Waals surface area (Å²) < 4.78 is 0. The smallest absolute Gasteiger partial charge is 0.128 e. The van der Waals surface area contributed by atoms with Gasteiger partial charge < -0.3 is 4.90 Å². The van der Waals surface area contributed by atoms with Crippen LogP contribution in [0.1, 0.15) is 26.7 Å². The standard InChI is InChI=1S/C11H14N2.C2H6/c1-3-4-7-10-13(2)11-8-5-6-9-12-11;1-2/h1,5-6,8-9H,4,7,10H2,2H3;1-2H3. The maximum absolute atomic E-state index is 5.17. The number of aromatic nitrogens is 1. The Hall–Kier alpha value is -1.49. The van der Waals surface area contributed by atoms with E-state index in [1.54, 1.807) is 6.20 Å². The molecule has 1 aromatic rings. The summed E-state index contributed by atoms with van der Waals surface area (Å²) in [6.07, 6.45) is 8.82. The lowest BCUT2D eigenvalue weighted by molar-refractivity contribution is 0.801. The molecule has 0 aliphatic rings. The summed E-state index contributed by atoms with van der Waals surface area (Å²) in [7, 11) is 2.03. The summed E-state index contributed by atoms with van der Waals surface area (Å²) in [4.78, 5) is 6.34. The number of hydrogen-bond acceptors (Lipinski definition) is 2. The fraction of sp³-hybridized carbons (Fsp3) is 0.462. The van der Waals surface area contributed by atoms with Gasteiger partial charge in [-0.3, -0.25) is 0 Å². The molecule has 2 nitrogen and oxygen atoms in total. The van der Waals surface area contributed by atoms with Gasteiger partial charge in [0.15, 0.2) is 0 Å². The molecule has 0 bridgehead atoms. The second-order valence-electron chi connectivity index (χ2n) is 2.92. The molecule has 0 unspecified atom stereocenters. The van der Waals surface area contributed by atoms with Crippen LogP contribution in [0.4, 0.5) is 5.82 Å². The molecular formula is C13H20N2. The fourth-order valence-electron chi connectivity index (χ4n) is 1.11. The first-order valence-corrected chi connectivity index (χ1v) is 5.40. The van der Waals surface area contributed by atoms with E-state index in [9.17, 15) is 0 Å². The van der Waals surface area contributed by atoms with Gasteiger partial charge in [-0.15, -0.1) is 12.3 Å². The monoisotopic (exact) mass is 204 g/mol. The molecule has 0 aliphatic carbocycles. The average molecular weight is 204 g/mol. The molecule has 0 aliphatic heterocycles. The van der Waals surface area contributed by atoms with Gasteiger partial charge in [-0.05, 0) is 18.6 Å². The molecule has 0 saturated heterocycles. The maximum Gasteiger partial charge on any atom is 0.128 e. The molecule has 0 saturated carbocycles. The van der Waals surface area contributed by atoms with Crippen LogP contribution in [0.25, 0.3) is 0 Å². The van der Waals surface area contributed by atoms with E-state index in [-0.39, 0.29) is 0 Å². The highest BCUT2D eigenvalue weighted by molar-refractivity contribution is 5.36. The summed E-state index contributed by atoms with van der Waals surface area (Å²) >= 11 is 0. The lowest BCUT2D eigenvalue weighted by Crippen LogP contribution is -2.19. The van der Waals surface area contributed by atoms with Gasteiger partial charge >= 0.3 is 0 Å². The van der Waals surface area contributed by atoms with Crippen LogP contribution < -0.4 is 4.90 Å². The predicted molar refractivity (Wildman–Crippen MR) is 66.9 cm³/mol. The molecule has 0 amide bonds. The summed E-state index contributed by atoms with van der Waals surface area (Å²) in [6.45, 7) is 4.96. The van der Waals surface area contributed by atoms with Crippen molar-refractivity contribution < 1.29 is 0 Å². The molecule has 1 rings (SSSR count). The highest BCUT2D eigenvalue weighted by atomic mass is 15.2. The quantitative estimate of drug-likeness (QED) is 0.553. The molecule has 0 spiro atoms. The van der Waals surface area contributed by atoms with E-state index >= 15 is 0 Å². The zero-order chi connectivity index (χ0) is 11.5. The Morgan fingerprint density at radius 1 is 1.40 bits per heavy atom. The van der Waals surface area contributed by atoms with Crippen molar-refractivity contribution in [1.82, 2.24) is 4.98 Å². The average Bonchev–Trinajstić information content (AvgIpc) is 2.33. The normalized spacial score (nSPS) is 8.40. The molecule has 0 atom stereocenters. The lowest BCUT2D eigenvalue weighted by Gasteiger charge is -2.16. The van der Waals surface area contributed by atoms with Crippen molar-refractivity contribution in [2.24, 2.45) is 0 Å². The molecule has 15 heavy (non-hydrogen) atoms. The van der Waals surface area contributed by atoms with E-state index in [4.69, 9.17) is 6.42 Å². The SMILES string of the molecule is C#CCCCN(C)c1ccccn1.CC. The lowest BCUT2D eigenvalue weighted by atomic mass is 10.3. The highest BCUT2D eigenvalue weighted by Crippen LogP contribution is 2.06. The topological polar surface area (TPSA) is 16.1 Å². The van der Waals surface area contributed by atoms with Crippen LogP contribution in [0.3, 0.4) is 0 Å².